The van der Waals surface area contributed by atoms with E-state index < -0.39 is 10.0 Å². The summed E-state index contributed by atoms with van der Waals surface area (Å²) in [5.41, 5.74) is 0. The number of sulfonamides is 1. The summed E-state index contributed by atoms with van der Waals surface area (Å²) in [5.74, 6) is -0.107. The van der Waals surface area contributed by atoms with Gasteiger partial charge in [-0.05, 0) is 6.07 Å². The molecule has 11 heteroatoms. The van der Waals surface area contributed by atoms with E-state index in [0.717, 1.165) is 11.3 Å². The zero-order valence-corrected chi connectivity index (χ0v) is 13.6. The summed E-state index contributed by atoms with van der Waals surface area (Å²) in [6, 6.07) is 2.58. The van der Waals surface area contributed by atoms with Crippen LogP contribution in [0.2, 0.25) is 13.8 Å². The van der Waals surface area contributed by atoms with E-state index in [0.29, 0.717) is 0 Å². The first-order valence-electron chi connectivity index (χ1n) is 4.88. The van der Waals surface area contributed by atoms with Gasteiger partial charge in [-0.3, -0.25) is 0 Å². The van der Waals surface area contributed by atoms with Gasteiger partial charge in [-0.2, -0.15) is 4.98 Å². The highest BCUT2D eigenvalue weighted by Gasteiger charge is 2.22. The Morgan fingerprint density at radius 2 is 1.95 bits per heavy atom. The summed E-state index contributed by atoms with van der Waals surface area (Å²) >= 11 is 18.2. The molecular weight excluding hydrogens is 369 g/mol. The number of ether oxygens (including phenoxy) is 1. The van der Waals surface area contributed by atoms with Crippen LogP contribution in [0, 0.1) is 0 Å². The Labute approximate surface area is 133 Å². The second-order valence-electron chi connectivity index (χ2n) is 3.35. The van der Waals surface area contributed by atoms with E-state index in [1.54, 1.807) is 0 Å². The molecule has 0 amide bonds. The molecule has 0 saturated carbocycles. The number of nitrogens with zero attached hydrogens (tertiary/aromatic N) is 2. The summed E-state index contributed by atoms with van der Waals surface area (Å²) in [4.78, 5) is 7.40. The summed E-state index contributed by atoms with van der Waals surface area (Å²) < 4.78 is 31.6. The van der Waals surface area contributed by atoms with E-state index in [1.807, 2.05) is 0 Å². The fourth-order valence-electron chi connectivity index (χ4n) is 1.23. The van der Waals surface area contributed by atoms with E-state index in [-0.39, 0.29) is 30.5 Å². The molecule has 0 radical (unpaired) electrons. The van der Waals surface area contributed by atoms with Crippen molar-refractivity contribution in [3.8, 4) is 5.88 Å². The second kappa shape index (κ2) is 5.90. The van der Waals surface area contributed by atoms with Crippen molar-refractivity contribution in [1.82, 2.24) is 9.97 Å². The first-order valence-corrected chi connectivity index (χ1v) is 8.31. The van der Waals surface area contributed by atoms with Crippen LogP contribution in [0.4, 0.5) is 5.95 Å². The average Bonchev–Trinajstić information content (AvgIpc) is 2.67. The summed E-state index contributed by atoms with van der Waals surface area (Å²) in [6.07, 6.45) is 0. The van der Waals surface area contributed by atoms with Crippen molar-refractivity contribution < 1.29 is 13.2 Å². The lowest BCUT2D eigenvalue weighted by atomic mass is 10.6. The summed E-state index contributed by atoms with van der Waals surface area (Å²) in [6.45, 7) is 0. The monoisotopic (exact) mass is 373 g/mol. The fraction of sp³-hybridized carbons (Fsp3) is 0.111. The first kappa shape index (κ1) is 15.6. The number of thiophene rings is 1. The number of anilines is 1. The van der Waals surface area contributed by atoms with Gasteiger partial charge in [-0.25, -0.2) is 18.1 Å². The fourth-order valence-corrected chi connectivity index (χ4v) is 4.50. The van der Waals surface area contributed by atoms with Crippen molar-refractivity contribution in [2.75, 3.05) is 11.8 Å². The third kappa shape index (κ3) is 3.44. The normalized spacial score (nSPS) is 11.4. The lowest BCUT2D eigenvalue weighted by Gasteiger charge is -2.07. The lowest BCUT2D eigenvalue weighted by Crippen LogP contribution is -2.15. The third-order valence-corrected chi connectivity index (χ3v) is 5.30. The predicted molar refractivity (Wildman–Crippen MR) is 78.7 cm³/mol. The molecule has 20 heavy (non-hydrogen) atoms. The Bertz CT molecular complexity index is 748. The van der Waals surface area contributed by atoms with Gasteiger partial charge in [0.1, 0.15) is 14.4 Å². The van der Waals surface area contributed by atoms with Crippen molar-refractivity contribution in [3.63, 3.8) is 0 Å². The van der Waals surface area contributed by atoms with Crippen molar-refractivity contribution >= 4 is 62.1 Å². The maximum absolute atomic E-state index is 12.1. The minimum absolute atomic E-state index is 0.0315. The Hall–Kier alpha value is -0.800. The highest BCUT2D eigenvalue weighted by atomic mass is 35.5. The third-order valence-electron chi connectivity index (χ3n) is 2.02. The summed E-state index contributed by atoms with van der Waals surface area (Å²) in [7, 11) is -2.59. The molecule has 0 unspecified atom stereocenters. The van der Waals surface area contributed by atoms with Crippen molar-refractivity contribution in [2.45, 2.75) is 4.90 Å². The number of rotatable bonds is 4. The van der Waals surface area contributed by atoms with E-state index >= 15 is 0 Å². The van der Waals surface area contributed by atoms with Crippen LogP contribution < -0.4 is 9.46 Å². The first-order chi connectivity index (χ1) is 9.31. The Balaban J connectivity index is 2.38. The molecule has 0 aromatic carbocycles. The zero-order chi connectivity index (χ0) is 14.9. The highest BCUT2D eigenvalue weighted by Crippen LogP contribution is 2.34. The minimum atomic E-state index is -3.96. The van der Waals surface area contributed by atoms with Crippen LogP contribution in [0.3, 0.4) is 0 Å². The van der Waals surface area contributed by atoms with E-state index in [4.69, 9.17) is 39.5 Å². The van der Waals surface area contributed by atoms with E-state index in [1.165, 1.54) is 19.2 Å². The number of aromatic nitrogens is 2. The molecule has 0 aliphatic heterocycles. The van der Waals surface area contributed by atoms with Gasteiger partial charge in [0, 0.05) is 6.07 Å². The Morgan fingerprint density at radius 3 is 2.50 bits per heavy atom. The minimum Gasteiger partial charge on any atom is -0.481 e. The average molecular weight is 375 g/mol. The van der Waals surface area contributed by atoms with Crippen molar-refractivity contribution in [2.24, 2.45) is 0 Å². The number of hydrogen-bond donors (Lipinski definition) is 1. The standard InChI is InChI=1S/C9H6Cl3N3O3S2/c1-18-7-3-5(10)13-9(14-7)15-20(16,17)4-2-6(11)19-8(4)12/h2-3H,1H3,(H,13,14,15). The molecular formula is C9H6Cl3N3O3S2. The van der Waals surface area contributed by atoms with Crippen LogP contribution in [0.5, 0.6) is 5.88 Å². The van der Waals surface area contributed by atoms with Crippen LogP contribution in [0.1, 0.15) is 0 Å². The SMILES string of the molecule is COc1cc(Cl)nc(NS(=O)(=O)c2cc(Cl)sc2Cl)n1. The number of hydrogen-bond acceptors (Lipinski definition) is 6. The Kier molecular flexibility index (Phi) is 4.60. The van der Waals surface area contributed by atoms with Crippen molar-refractivity contribution in [3.05, 3.63) is 26.0 Å². The molecule has 0 fully saturated rings. The molecule has 0 spiro atoms. The molecule has 1 N–H and O–H groups in total. The molecule has 2 heterocycles. The zero-order valence-electron chi connectivity index (χ0n) is 9.72. The maximum Gasteiger partial charge on any atom is 0.266 e. The molecule has 2 aromatic heterocycles. The van der Waals surface area contributed by atoms with Gasteiger partial charge in [0.2, 0.25) is 11.8 Å². The van der Waals surface area contributed by atoms with Crippen molar-refractivity contribution in [1.29, 1.82) is 0 Å². The largest absolute Gasteiger partial charge is 0.481 e. The van der Waals surface area contributed by atoms with Crippen LogP contribution >= 0.6 is 46.1 Å². The second-order valence-corrected chi connectivity index (χ2v) is 7.67. The van der Waals surface area contributed by atoms with Gasteiger partial charge in [0.25, 0.3) is 10.0 Å². The van der Waals surface area contributed by atoms with E-state index in [9.17, 15) is 8.42 Å². The molecule has 0 aliphatic rings. The summed E-state index contributed by atoms with van der Waals surface area (Å²) in [5, 5.41) is 0.0315. The van der Waals surface area contributed by atoms with Gasteiger partial charge in [-0.1, -0.05) is 34.8 Å². The van der Waals surface area contributed by atoms with Crippen LogP contribution in [0.25, 0.3) is 0 Å². The smallest absolute Gasteiger partial charge is 0.266 e. The molecule has 0 saturated heterocycles. The number of halogens is 3. The maximum atomic E-state index is 12.1. The van der Waals surface area contributed by atoms with Crippen LogP contribution in [0.15, 0.2) is 17.0 Å². The van der Waals surface area contributed by atoms with E-state index in [2.05, 4.69) is 14.7 Å². The molecule has 0 aliphatic carbocycles. The van der Waals surface area contributed by atoms with Crippen LogP contribution in [-0.2, 0) is 10.0 Å². The van der Waals surface area contributed by atoms with Gasteiger partial charge < -0.3 is 4.74 Å². The molecule has 2 aromatic rings. The Morgan fingerprint density at radius 1 is 1.25 bits per heavy atom. The van der Waals surface area contributed by atoms with Gasteiger partial charge in [-0.15, -0.1) is 11.3 Å². The molecule has 108 valence electrons. The predicted octanol–water partition coefficient (Wildman–Crippen LogP) is 3.31. The van der Waals surface area contributed by atoms with Gasteiger partial charge in [0.15, 0.2) is 0 Å². The topological polar surface area (TPSA) is 81.2 Å². The molecule has 0 bridgehead atoms. The quantitative estimate of drug-likeness (QED) is 0.830. The number of methoxy groups -OCH3 is 1. The van der Waals surface area contributed by atoms with Gasteiger partial charge in [0.05, 0.1) is 11.4 Å². The molecule has 6 nitrogen and oxygen atoms in total. The van der Waals surface area contributed by atoms with Gasteiger partial charge >= 0.3 is 0 Å². The molecule has 2 rings (SSSR count). The number of nitrogens with one attached hydrogen (secondary N) is 1. The molecule has 0 atom stereocenters. The lowest BCUT2D eigenvalue weighted by molar-refractivity contribution is 0.397. The van der Waals surface area contributed by atoms with Crippen LogP contribution in [-0.4, -0.2) is 25.5 Å². The highest BCUT2D eigenvalue weighted by molar-refractivity contribution is 7.93.